The van der Waals surface area contributed by atoms with Crippen LogP contribution in [0.2, 0.25) is 5.02 Å². The minimum absolute atomic E-state index is 0.0813. The zero-order valence-corrected chi connectivity index (χ0v) is 18.1. The quantitative estimate of drug-likeness (QED) is 0.443. The number of H-pyrrole nitrogens is 1. The van der Waals surface area contributed by atoms with E-state index in [1.165, 1.54) is 11.8 Å². The van der Waals surface area contributed by atoms with Crippen molar-refractivity contribution in [2.24, 2.45) is 0 Å². The van der Waals surface area contributed by atoms with E-state index in [4.69, 9.17) is 16.6 Å². The number of pyridine rings is 1. The molecule has 6 nitrogen and oxygen atoms in total. The second-order valence-electron chi connectivity index (χ2n) is 7.52. The molecule has 0 fully saturated rings. The molecule has 1 aromatic carbocycles. The van der Waals surface area contributed by atoms with Crippen molar-refractivity contribution in [1.29, 1.82) is 0 Å². The molecule has 3 aromatic rings. The van der Waals surface area contributed by atoms with Crippen molar-refractivity contribution in [3.8, 4) is 0 Å². The number of fused-ring (bicyclic) bond motifs is 1. The molecular formula is C23H19ClN4O2S. The van der Waals surface area contributed by atoms with Gasteiger partial charge in [0.2, 0.25) is 0 Å². The highest BCUT2D eigenvalue weighted by atomic mass is 35.5. The molecule has 0 saturated carbocycles. The molecule has 0 radical (unpaired) electrons. The fraction of sp³-hybridized carbons (Fsp3) is 0.217. The molecule has 1 aliphatic carbocycles. The van der Waals surface area contributed by atoms with Crippen molar-refractivity contribution in [2.45, 2.75) is 36.1 Å². The molecule has 0 saturated heterocycles. The molecule has 5 rings (SSSR count). The number of nitrogens with one attached hydrogen (secondary N) is 2. The number of nitrogens with zero attached hydrogens (tertiary/aromatic N) is 2. The van der Waals surface area contributed by atoms with Crippen LogP contribution in [0.15, 0.2) is 70.0 Å². The number of Topliss-reactive ketones (excluding diaryl/α,β-unsaturated/α-hetero) is 1. The molecule has 156 valence electrons. The highest BCUT2D eigenvalue weighted by molar-refractivity contribution is 7.98. The van der Waals surface area contributed by atoms with E-state index in [0.29, 0.717) is 39.3 Å². The molecule has 2 N–H and O–H groups in total. The summed E-state index contributed by atoms with van der Waals surface area (Å²) in [5.74, 6) is 0.737. The summed E-state index contributed by atoms with van der Waals surface area (Å²) in [7, 11) is 0. The minimum Gasteiger partial charge on any atom is -0.343 e. The number of aromatic amines is 1. The Morgan fingerprint density at radius 1 is 1.10 bits per heavy atom. The first-order valence-electron chi connectivity index (χ1n) is 10.1. The maximum atomic E-state index is 13.2. The summed E-state index contributed by atoms with van der Waals surface area (Å²) in [5.41, 5.74) is 3.61. The lowest BCUT2D eigenvalue weighted by atomic mass is 9.77. The Morgan fingerprint density at radius 2 is 1.90 bits per heavy atom. The van der Waals surface area contributed by atoms with E-state index in [2.05, 4.69) is 15.3 Å². The number of aromatic nitrogens is 3. The van der Waals surface area contributed by atoms with E-state index in [-0.39, 0.29) is 11.3 Å². The lowest BCUT2D eigenvalue weighted by Crippen LogP contribution is -2.32. The first-order valence-corrected chi connectivity index (χ1v) is 11.4. The third-order valence-electron chi connectivity index (χ3n) is 5.60. The standard InChI is InChI=1S/C23H19ClN4O2S/c24-15-5-2-1-4-14(15)12-31-23-27-21-20(22(30)28-23)18(13-8-10-25-11-9-13)19-16(26-21)6-3-7-17(19)29/h1-2,4-5,8-11,18H,3,6-7,12H2,(H2,26,27,28,30)/t18-/m1/s1. The van der Waals surface area contributed by atoms with Gasteiger partial charge in [-0.05, 0) is 42.2 Å². The summed E-state index contributed by atoms with van der Waals surface area (Å²) in [4.78, 5) is 37.7. The number of carbonyl (C=O) groups excluding carboxylic acids is 1. The number of benzene rings is 1. The van der Waals surface area contributed by atoms with Gasteiger partial charge in [0.05, 0.1) is 5.56 Å². The molecule has 0 amide bonds. The Hall–Kier alpha value is -2.90. The van der Waals surface area contributed by atoms with Crippen LogP contribution in [0.4, 0.5) is 5.82 Å². The lowest BCUT2D eigenvalue weighted by molar-refractivity contribution is -0.116. The van der Waals surface area contributed by atoms with E-state index in [1.54, 1.807) is 12.4 Å². The minimum atomic E-state index is -0.444. The summed E-state index contributed by atoms with van der Waals surface area (Å²) in [6, 6.07) is 11.3. The largest absolute Gasteiger partial charge is 0.343 e. The second-order valence-corrected chi connectivity index (χ2v) is 8.89. The van der Waals surface area contributed by atoms with Crippen molar-refractivity contribution in [3.05, 3.63) is 92.1 Å². The van der Waals surface area contributed by atoms with Crippen molar-refractivity contribution >= 4 is 35.0 Å². The van der Waals surface area contributed by atoms with Crippen molar-refractivity contribution in [3.63, 3.8) is 0 Å². The maximum Gasteiger partial charge on any atom is 0.257 e. The Morgan fingerprint density at radius 3 is 2.71 bits per heavy atom. The highest BCUT2D eigenvalue weighted by Crippen LogP contribution is 2.43. The zero-order valence-electron chi connectivity index (χ0n) is 16.5. The molecule has 2 aliphatic rings. The summed E-state index contributed by atoms with van der Waals surface area (Å²) in [6.07, 6.45) is 5.41. The summed E-state index contributed by atoms with van der Waals surface area (Å²) in [6.45, 7) is 0. The molecule has 0 unspecified atom stereocenters. The predicted octanol–water partition coefficient (Wildman–Crippen LogP) is 4.68. The SMILES string of the molecule is O=C1CCCC2=C1[C@@H](c1ccncc1)c1c(nc(SCc3ccccc3Cl)[nH]c1=O)N2. The van der Waals surface area contributed by atoms with Crippen molar-refractivity contribution < 1.29 is 4.79 Å². The van der Waals surface area contributed by atoms with Crippen LogP contribution in [-0.4, -0.2) is 20.7 Å². The normalized spacial score (nSPS) is 17.7. The van der Waals surface area contributed by atoms with E-state index < -0.39 is 5.92 Å². The molecule has 3 heterocycles. The smallest absolute Gasteiger partial charge is 0.257 e. The Balaban J connectivity index is 1.56. The van der Waals surface area contributed by atoms with E-state index in [0.717, 1.165) is 29.7 Å². The first-order chi connectivity index (χ1) is 15.1. The maximum absolute atomic E-state index is 13.2. The van der Waals surface area contributed by atoms with Crippen LogP contribution in [0.25, 0.3) is 0 Å². The Kier molecular flexibility index (Phi) is 5.38. The van der Waals surface area contributed by atoms with E-state index in [9.17, 15) is 9.59 Å². The number of ketones is 1. The summed E-state index contributed by atoms with van der Waals surface area (Å²) >= 11 is 7.67. The number of anilines is 1. The number of hydrogen-bond donors (Lipinski definition) is 2. The third-order valence-corrected chi connectivity index (χ3v) is 6.89. The van der Waals surface area contributed by atoms with Gasteiger partial charge >= 0.3 is 0 Å². The van der Waals surface area contributed by atoms with Gasteiger partial charge in [-0.15, -0.1) is 0 Å². The highest BCUT2D eigenvalue weighted by Gasteiger charge is 2.37. The summed E-state index contributed by atoms with van der Waals surface area (Å²) < 4.78 is 0. The molecule has 1 aliphatic heterocycles. The summed E-state index contributed by atoms with van der Waals surface area (Å²) in [5, 5.41) is 4.48. The second kappa shape index (κ2) is 8.32. The first kappa shape index (κ1) is 20.0. The lowest BCUT2D eigenvalue weighted by Gasteiger charge is -2.32. The van der Waals surface area contributed by atoms with Gasteiger partial charge in [0, 0.05) is 46.8 Å². The molecule has 8 heteroatoms. The number of hydrogen-bond acceptors (Lipinski definition) is 6. The fourth-order valence-electron chi connectivity index (χ4n) is 4.16. The molecular weight excluding hydrogens is 432 g/mol. The molecule has 2 aromatic heterocycles. The number of halogens is 1. The van der Waals surface area contributed by atoms with Gasteiger partial charge < -0.3 is 10.3 Å². The zero-order chi connectivity index (χ0) is 21.4. The van der Waals surface area contributed by atoms with E-state index in [1.807, 2.05) is 36.4 Å². The van der Waals surface area contributed by atoms with Crippen LogP contribution in [-0.2, 0) is 10.5 Å². The van der Waals surface area contributed by atoms with Gasteiger partial charge in [-0.3, -0.25) is 14.6 Å². The van der Waals surface area contributed by atoms with Crippen LogP contribution in [0.3, 0.4) is 0 Å². The number of rotatable bonds is 4. The van der Waals surface area contributed by atoms with E-state index >= 15 is 0 Å². The topological polar surface area (TPSA) is 87.7 Å². The van der Waals surface area contributed by atoms with Gasteiger partial charge in [0.1, 0.15) is 5.82 Å². The average molecular weight is 451 g/mol. The van der Waals surface area contributed by atoms with Crippen LogP contribution in [0.5, 0.6) is 0 Å². The van der Waals surface area contributed by atoms with Gasteiger partial charge in [0.25, 0.3) is 5.56 Å². The predicted molar refractivity (Wildman–Crippen MR) is 121 cm³/mol. The average Bonchev–Trinajstić information content (AvgIpc) is 2.78. The molecule has 1 atom stereocenters. The van der Waals surface area contributed by atoms with Crippen LogP contribution < -0.4 is 10.9 Å². The van der Waals surface area contributed by atoms with Gasteiger partial charge in [-0.2, -0.15) is 0 Å². The van der Waals surface area contributed by atoms with Gasteiger partial charge in [-0.25, -0.2) is 4.98 Å². The molecule has 0 bridgehead atoms. The molecule has 0 spiro atoms. The Bertz CT molecular complexity index is 1260. The van der Waals surface area contributed by atoms with Gasteiger partial charge in [0.15, 0.2) is 10.9 Å². The van der Waals surface area contributed by atoms with Crippen molar-refractivity contribution in [1.82, 2.24) is 15.0 Å². The van der Waals surface area contributed by atoms with Crippen LogP contribution in [0.1, 0.15) is 41.9 Å². The fourth-order valence-corrected chi connectivity index (χ4v) is 5.31. The van der Waals surface area contributed by atoms with Crippen LogP contribution >= 0.6 is 23.4 Å². The van der Waals surface area contributed by atoms with Crippen LogP contribution in [0, 0.1) is 0 Å². The third kappa shape index (κ3) is 3.79. The number of carbonyl (C=O) groups is 1. The monoisotopic (exact) mass is 450 g/mol. The Labute approximate surface area is 188 Å². The molecule has 31 heavy (non-hydrogen) atoms. The number of allylic oxidation sites excluding steroid dienone is 2. The van der Waals surface area contributed by atoms with Crippen molar-refractivity contribution in [2.75, 3.05) is 5.32 Å². The van der Waals surface area contributed by atoms with Gasteiger partial charge in [-0.1, -0.05) is 41.6 Å². The number of thioether (sulfide) groups is 1.